The van der Waals surface area contributed by atoms with E-state index in [1.165, 1.54) is 11.1 Å². The Labute approximate surface area is 117 Å². The fraction of sp³-hybridized carbons (Fsp3) is 0.625. The summed E-state index contributed by atoms with van der Waals surface area (Å²) in [5.74, 6) is 6.18. The van der Waals surface area contributed by atoms with Crippen LogP contribution in [0.15, 0.2) is 24.3 Å². The molecular weight excluding hydrogens is 236 g/mol. The fourth-order valence-electron chi connectivity index (χ4n) is 2.48. The smallest absolute Gasteiger partial charge is 0.0805 e. The Morgan fingerprint density at radius 3 is 2.53 bits per heavy atom. The molecule has 0 aromatic heterocycles. The lowest BCUT2D eigenvalue weighted by Gasteiger charge is -2.30. The number of ether oxygens (including phenoxy) is 1. The van der Waals surface area contributed by atoms with Gasteiger partial charge >= 0.3 is 0 Å². The van der Waals surface area contributed by atoms with Gasteiger partial charge in [-0.05, 0) is 30.4 Å². The lowest BCUT2D eigenvalue weighted by Crippen LogP contribution is -2.40. The second kappa shape index (κ2) is 8.31. The predicted molar refractivity (Wildman–Crippen MR) is 80.8 cm³/mol. The Morgan fingerprint density at radius 1 is 1.26 bits per heavy atom. The molecule has 3 heteroatoms. The van der Waals surface area contributed by atoms with Gasteiger partial charge in [0.25, 0.3) is 0 Å². The number of hydrogen-bond acceptors (Lipinski definition) is 3. The summed E-state index contributed by atoms with van der Waals surface area (Å²) in [6, 6.07) is 8.68. The first-order valence-corrected chi connectivity index (χ1v) is 7.30. The van der Waals surface area contributed by atoms with E-state index in [1.54, 1.807) is 0 Å². The summed E-state index contributed by atoms with van der Waals surface area (Å²) in [4.78, 5) is 0. The Hall–Kier alpha value is -0.900. The van der Waals surface area contributed by atoms with Crippen LogP contribution in [0.3, 0.4) is 0 Å². The Bertz CT molecular complexity index is 366. The zero-order chi connectivity index (χ0) is 14.3. The van der Waals surface area contributed by atoms with Gasteiger partial charge in [0.1, 0.15) is 0 Å². The average molecular weight is 264 g/mol. The van der Waals surface area contributed by atoms with Gasteiger partial charge in [0.05, 0.1) is 12.1 Å². The van der Waals surface area contributed by atoms with Gasteiger partial charge in [0, 0.05) is 6.61 Å². The molecule has 3 nitrogen and oxygen atoms in total. The highest BCUT2D eigenvalue weighted by molar-refractivity contribution is 5.27. The minimum Gasteiger partial charge on any atom is -0.376 e. The van der Waals surface area contributed by atoms with E-state index in [4.69, 9.17) is 10.6 Å². The molecule has 2 unspecified atom stereocenters. The van der Waals surface area contributed by atoms with Crippen LogP contribution >= 0.6 is 0 Å². The number of hydrazine groups is 1. The first-order valence-electron chi connectivity index (χ1n) is 7.30. The van der Waals surface area contributed by atoms with Crippen LogP contribution in [0, 0.1) is 5.92 Å². The molecule has 0 bridgehead atoms. The Kier molecular flexibility index (Phi) is 7.06. The standard InChI is InChI=1S/C16H28N2O/c1-5-8-13-9-7-10-14(11-13)15(18-17)16(12(3)4)19-6-2/h7,9-12,15-16,18H,5-6,8,17H2,1-4H3. The molecule has 2 atom stereocenters. The average Bonchev–Trinajstić information content (AvgIpc) is 2.39. The molecule has 19 heavy (non-hydrogen) atoms. The van der Waals surface area contributed by atoms with Gasteiger partial charge in [-0.2, -0.15) is 0 Å². The maximum Gasteiger partial charge on any atom is 0.0805 e. The highest BCUT2D eigenvalue weighted by Crippen LogP contribution is 2.25. The van der Waals surface area contributed by atoms with Crippen LogP contribution in [0.1, 0.15) is 51.3 Å². The summed E-state index contributed by atoms with van der Waals surface area (Å²) in [7, 11) is 0. The summed E-state index contributed by atoms with van der Waals surface area (Å²) < 4.78 is 5.87. The number of nitrogens with two attached hydrogens (primary N) is 1. The monoisotopic (exact) mass is 264 g/mol. The van der Waals surface area contributed by atoms with Gasteiger partial charge in [-0.1, -0.05) is 51.5 Å². The Balaban J connectivity index is 2.96. The molecule has 0 heterocycles. The maximum atomic E-state index is 5.87. The molecule has 0 spiro atoms. The highest BCUT2D eigenvalue weighted by atomic mass is 16.5. The van der Waals surface area contributed by atoms with E-state index in [-0.39, 0.29) is 12.1 Å². The largest absolute Gasteiger partial charge is 0.376 e. The summed E-state index contributed by atoms with van der Waals surface area (Å²) in [6.45, 7) is 9.26. The van der Waals surface area contributed by atoms with Gasteiger partial charge in [0.2, 0.25) is 0 Å². The van der Waals surface area contributed by atoms with Crippen molar-refractivity contribution in [1.29, 1.82) is 0 Å². The zero-order valence-electron chi connectivity index (χ0n) is 12.6. The molecule has 0 aliphatic carbocycles. The second-order valence-electron chi connectivity index (χ2n) is 5.30. The van der Waals surface area contributed by atoms with Crippen molar-refractivity contribution < 1.29 is 4.74 Å². The zero-order valence-corrected chi connectivity index (χ0v) is 12.6. The predicted octanol–water partition coefficient (Wildman–Crippen LogP) is 3.20. The normalized spacial score (nSPS) is 14.6. The van der Waals surface area contributed by atoms with Crippen molar-refractivity contribution >= 4 is 0 Å². The highest BCUT2D eigenvalue weighted by Gasteiger charge is 2.25. The van der Waals surface area contributed by atoms with Crippen LogP contribution < -0.4 is 11.3 Å². The minimum atomic E-state index is 0.0387. The van der Waals surface area contributed by atoms with Crippen molar-refractivity contribution in [3.05, 3.63) is 35.4 Å². The third-order valence-corrected chi connectivity index (χ3v) is 3.37. The summed E-state index contributed by atoms with van der Waals surface area (Å²) in [5, 5.41) is 0. The van der Waals surface area contributed by atoms with Crippen LogP contribution in [-0.4, -0.2) is 12.7 Å². The molecule has 1 aromatic rings. The van der Waals surface area contributed by atoms with Gasteiger partial charge < -0.3 is 4.74 Å². The van der Waals surface area contributed by atoms with Gasteiger partial charge in [-0.25, -0.2) is 0 Å². The number of hydrogen-bond donors (Lipinski definition) is 2. The minimum absolute atomic E-state index is 0.0387. The quantitative estimate of drug-likeness (QED) is 0.560. The molecule has 0 saturated carbocycles. The molecule has 108 valence electrons. The van der Waals surface area contributed by atoms with Gasteiger partial charge in [-0.15, -0.1) is 0 Å². The lowest BCUT2D eigenvalue weighted by atomic mass is 9.92. The van der Waals surface area contributed by atoms with Crippen LogP contribution in [0.25, 0.3) is 0 Å². The van der Waals surface area contributed by atoms with Crippen molar-refractivity contribution in [2.24, 2.45) is 11.8 Å². The molecule has 1 rings (SSSR count). The van der Waals surface area contributed by atoms with Crippen molar-refractivity contribution in [1.82, 2.24) is 5.43 Å². The topological polar surface area (TPSA) is 47.3 Å². The molecule has 0 amide bonds. The third kappa shape index (κ3) is 4.60. The third-order valence-electron chi connectivity index (χ3n) is 3.37. The van der Waals surface area contributed by atoms with E-state index >= 15 is 0 Å². The van der Waals surface area contributed by atoms with Crippen LogP contribution in [0.2, 0.25) is 0 Å². The van der Waals surface area contributed by atoms with E-state index in [9.17, 15) is 0 Å². The number of rotatable bonds is 8. The Morgan fingerprint density at radius 2 is 2.00 bits per heavy atom. The molecule has 1 aromatic carbocycles. The van der Waals surface area contributed by atoms with Gasteiger partial charge in [0.15, 0.2) is 0 Å². The fourth-order valence-corrected chi connectivity index (χ4v) is 2.48. The first-order chi connectivity index (χ1) is 9.13. The summed E-state index contributed by atoms with van der Waals surface area (Å²) in [6.07, 6.45) is 2.35. The number of aryl methyl sites for hydroxylation is 1. The number of nitrogens with one attached hydrogen (secondary N) is 1. The van der Waals surface area contributed by atoms with E-state index in [0.29, 0.717) is 12.5 Å². The molecule has 3 N–H and O–H groups in total. The summed E-state index contributed by atoms with van der Waals surface area (Å²) in [5.41, 5.74) is 5.50. The van der Waals surface area contributed by atoms with Crippen molar-refractivity contribution in [2.45, 2.75) is 52.7 Å². The van der Waals surface area contributed by atoms with E-state index in [2.05, 4.69) is 50.5 Å². The maximum absolute atomic E-state index is 5.87. The van der Waals surface area contributed by atoms with Crippen molar-refractivity contribution in [3.8, 4) is 0 Å². The molecule has 0 fully saturated rings. The SMILES string of the molecule is CCCc1cccc(C(NN)C(OCC)C(C)C)c1. The number of benzene rings is 1. The summed E-state index contributed by atoms with van der Waals surface area (Å²) >= 11 is 0. The molecule has 0 aliphatic heterocycles. The van der Waals surface area contributed by atoms with Crippen molar-refractivity contribution in [2.75, 3.05) is 6.61 Å². The molecule has 0 saturated heterocycles. The van der Waals surface area contributed by atoms with Gasteiger partial charge in [-0.3, -0.25) is 11.3 Å². The van der Waals surface area contributed by atoms with E-state index in [1.807, 2.05) is 6.92 Å². The van der Waals surface area contributed by atoms with Crippen LogP contribution in [-0.2, 0) is 11.2 Å². The van der Waals surface area contributed by atoms with Crippen molar-refractivity contribution in [3.63, 3.8) is 0 Å². The second-order valence-corrected chi connectivity index (χ2v) is 5.30. The lowest BCUT2D eigenvalue weighted by molar-refractivity contribution is 0.00276. The molecule has 0 radical (unpaired) electrons. The van der Waals surface area contributed by atoms with E-state index in [0.717, 1.165) is 12.8 Å². The van der Waals surface area contributed by atoms with E-state index < -0.39 is 0 Å². The van der Waals surface area contributed by atoms with Crippen LogP contribution in [0.5, 0.6) is 0 Å². The molecular formula is C16H28N2O. The van der Waals surface area contributed by atoms with Crippen LogP contribution in [0.4, 0.5) is 0 Å². The molecule has 0 aliphatic rings. The first kappa shape index (κ1) is 16.2.